The van der Waals surface area contributed by atoms with Crippen LogP contribution in [0.5, 0.6) is 0 Å². The third kappa shape index (κ3) is 5.31. The minimum Gasteiger partial charge on any atom is -0.311 e. The van der Waals surface area contributed by atoms with Crippen LogP contribution in [-0.2, 0) is 16.2 Å². The van der Waals surface area contributed by atoms with Crippen molar-refractivity contribution in [3.63, 3.8) is 0 Å². The van der Waals surface area contributed by atoms with Crippen molar-refractivity contribution in [3.8, 4) is 22.3 Å². The standard InChI is InChI=1S/C42H45N/c1-28-10-18-33(19-11-28)43(35-22-15-31(16-23-35)40(2,3)4)34-20-12-29(13-21-34)30-14-24-36-37-25-17-32(41(5,6)7)27-39(37)42(8,9)38(36)26-30/h10-27H,1-9H3. The molecule has 1 heteroatoms. The topological polar surface area (TPSA) is 3.24 Å². The predicted octanol–water partition coefficient (Wildman–Crippen LogP) is 12.0. The highest BCUT2D eigenvalue weighted by Crippen LogP contribution is 2.50. The first-order valence-electron chi connectivity index (χ1n) is 15.6. The Morgan fingerprint density at radius 1 is 0.465 bits per heavy atom. The van der Waals surface area contributed by atoms with E-state index in [2.05, 4.69) is 176 Å². The summed E-state index contributed by atoms with van der Waals surface area (Å²) in [5, 5.41) is 0. The Balaban J connectivity index is 1.36. The number of fused-ring (bicyclic) bond motifs is 3. The van der Waals surface area contributed by atoms with Gasteiger partial charge in [-0.15, -0.1) is 0 Å². The lowest BCUT2D eigenvalue weighted by atomic mass is 9.78. The first kappa shape index (κ1) is 29.0. The van der Waals surface area contributed by atoms with Gasteiger partial charge in [0.2, 0.25) is 0 Å². The average Bonchev–Trinajstić information content (AvgIpc) is 3.19. The van der Waals surface area contributed by atoms with Crippen LogP contribution in [0.4, 0.5) is 17.1 Å². The van der Waals surface area contributed by atoms with E-state index in [-0.39, 0.29) is 16.2 Å². The monoisotopic (exact) mass is 563 g/mol. The lowest BCUT2D eigenvalue weighted by molar-refractivity contribution is 0.584. The van der Waals surface area contributed by atoms with Crippen LogP contribution in [0.2, 0.25) is 0 Å². The number of hydrogen-bond donors (Lipinski definition) is 0. The van der Waals surface area contributed by atoms with Crippen LogP contribution < -0.4 is 4.90 Å². The molecule has 1 aliphatic carbocycles. The molecule has 0 atom stereocenters. The van der Waals surface area contributed by atoms with E-state index in [1.807, 2.05) is 0 Å². The van der Waals surface area contributed by atoms with E-state index in [1.165, 1.54) is 50.1 Å². The van der Waals surface area contributed by atoms with Crippen LogP contribution in [0.15, 0.2) is 109 Å². The zero-order valence-corrected chi connectivity index (χ0v) is 27.3. The van der Waals surface area contributed by atoms with Crippen molar-refractivity contribution in [3.05, 3.63) is 137 Å². The number of rotatable bonds is 4. The maximum Gasteiger partial charge on any atom is 0.0462 e. The molecule has 5 aromatic rings. The highest BCUT2D eigenvalue weighted by Gasteiger charge is 2.36. The third-order valence-electron chi connectivity index (χ3n) is 9.28. The molecule has 0 amide bonds. The molecular weight excluding hydrogens is 518 g/mol. The van der Waals surface area contributed by atoms with Gasteiger partial charge in [-0.05, 0) is 105 Å². The van der Waals surface area contributed by atoms with Gasteiger partial charge in [-0.1, -0.05) is 128 Å². The van der Waals surface area contributed by atoms with Gasteiger partial charge in [-0.2, -0.15) is 0 Å². The zero-order chi connectivity index (χ0) is 30.7. The molecule has 0 radical (unpaired) electrons. The second-order valence-electron chi connectivity index (χ2n) is 14.9. The molecule has 0 heterocycles. The summed E-state index contributed by atoms with van der Waals surface area (Å²) in [6.07, 6.45) is 0. The lowest BCUT2D eigenvalue weighted by Gasteiger charge is -2.27. The fourth-order valence-corrected chi connectivity index (χ4v) is 6.44. The van der Waals surface area contributed by atoms with E-state index in [0.717, 1.165) is 17.1 Å². The van der Waals surface area contributed by atoms with Crippen LogP contribution in [0.3, 0.4) is 0 Å². The van der Waals surface area contributed by atoms with Gasteiger partial charge in [0.05, 0.1) is 0 Å². The van der Waals surface area contributed by atoms with Gasteiger partial charge in [0.1, 0.15) is 0 Å². The maximum absolute atomic E-state index is 2.44. The van der Waals surface area contributed by atoms with Crippen molar-refractivity contribution in [2.24, 2.45) is 0 Å². The van der Waals surface area contributed by atoms with Gasteiger partial charge in [0.25, 0.3) is 0 Å². The highest BCUT2D eigenvalue weighted by atomic mass is 15.1. The van der Waals surface area contributed by atoms with Gasteiger partial charge in [0, 0.05) is 22.5 Å². The van der Waals surface area contributed by atoms with Crippen molar-refractivity contribution >= 4 is 17.1 Å². The molecule has 0 aromatic heterocycles. The van der Waals surface area contributed by atoms with E-state index in [0.29, 0.717) is 0 Å². The molecule has 6 rings (SSSR count). The molecule has 1 aliphatic rings. The Kier molecular flexibility index (Phi) is 6.92. The van der Waals surface area contributed by atoms with Crippen LogP contribution in [0, 0.1) is 6.92 Å². The van der Waals surface area contributed by atoms with Crippen molar-refractivity contribution in [1.82, 2.24) is 0 Å². The van der Waals surface area contributed by atoms with Crippen LogP contribution in [0.25, 0.3) is 22.3 Å². The van der Waals surface area contributed by atoms with Crippen molar-refractivity contribution in [2.75, 3.05) is 4.90 Å². The fraction of sp³-hybridized carbons (Fsp3) is 0.286. The maximum atomic E-state index is 2.44. The van der Waals surface area contributed by atoms with E-state index in [9.17, 15) is 0 Å². The summed E-state index contributed by atoms with van der Waals surface area (Å²) in [5.74, 6) is 0. The summed E-state index contributed by atoms with van der Waals surface area (Å²) in [4.78, 5) is 2.35. The molecular formula is C42H45N. The Hall–Kier alpha value is -4.10. The molecule has 0 unspecified atom stereocenters. The minimum atomic E-state index is -0.0384. The molecule has 5 aromatic carbocycles. The molecule has 1 nitrogen and oxygen atoms in total. The van der Waals surface area contributed by atoms with Gasteiger partial charge in [-0.3, -0.25) is 0 Å². The normalized spacial score (nSPS) is 13.9. The number of benzene rings is 5. The van der Waals surface area contributed by atoms with Gasteiger partial charge in [-0.25, -0.2) is 0 Å². The Bertz CT molecular complexity index is 1770. The van der Waals surface area contributed by atoms with E-state index < -0.39 is 0 Å². The summed E-state index contributed by atoms with van der Waals surface area (Å²) in [7, 11) is 0. The summed E-state index contributed by atoms with van der Waals surface area (Å²) in [6.45, 7) is 20.6. The molecule has 218 valence electrons. The van der Waals surface area contributed by atoms with Crippen molar-refractivity contribution in [2.45, 2.75) is 78.6 Å². The molecule has 0 spiro atoms. The molecule has 0 fully saturated rings. The smallest absolute Gasteiger partial charge is 0.0462 e. The highest BCUT2D eigenvalue weighted by molar-refractivity contribution is 5.85. The average molecular weight is 564 g/mol. The molecule has 0 aliphatic heterocycles. The molecule has 0 saturated carbocycles. The summed E-state index contributed by atoms with van der Waals surface area (Å²) >= 11 is 0. The van der Waals surface area contributed by atoms with E-state index in [1.54, 1.807) is 0 Å². The number of aryl methyl sites for hydroxylation is 1. The van der Waals surface area contributed by atoms with Crippen LogP contribution >= 0.6 is 0 Å². The third-order valence-corrected chi connectivity index (χ3v) is 9.28. The first-order valence-corrected chi connectivity index (χ1v) is 15.6. The summed E-state index contributed by atoms with van der Waals surface area (Å²) in [5.41, 5.74) is 15.8. The number of hydrogen-bond acceptors (Lipinski definition) is 1. The lowest BCUT2D eigenvalue weighted by Crippen LogP contribution is -2.17. The number of nitrogens with zero attached hydrogens (tertiary/aromatic N) is 1. The van der Waals surface area contributed by atoms with Gasteiger partial charge >= 0.3 is 0 Å². The van der Waals surface area contributed by atoms with Crippen molar-refractivity contribution < 1.29 is 0 Å². The van der Waals surface area contributed by atoms with E-state index >= 15 is 0 Å². The fourth-order valence-electron chi connectivity index (χ4n) is 6.44. The van der Waals surface area contributed by atoms with E-state index in [4.69, 9.17) is 0 Å². The second-order valence-corrected chi connectivity index (χ2v) is 14.9. The number of anilines is 3. The quantitative estimate of drug-likeness (QED) is 0.210. The van der Waals surface area contributed by atoms with Gasteiger partial charge in [0.15, 0.2) is 0 Å². The molecule has 0 N–H and O–H groups in total. The molecule has 0 bridgehead atoms. The minimum absolute atomic E-state index is 0.0384. The Morgan fingerprint density at radius 2 is 0.884 bits per heavy atom. The van der Waals surface area contributed by atoms with Gasteiger partial charge < -0.3 is 4.90 Å². The van der Waals surface area contributed by atoms with Crippen LogP contribution in [0.1, 0.15) is 83.2 Å². The van der Waals surface area contributed by atoms with Crippen molar-refractivity contribution in [1.29, 1.82) is 0 Å². The molecule has 0 saturated heterocycles. The second kappa shape index (κ2) is 10.3. The SMILES string of the molecule is Cc1ccc(N(c2ccc(-c3ccc4c(c3)C(C)(C)c3cc(C(C)(C)C)ccc3-4)cc2)c2ccc(C(C)(C)C)cc2)cc1. The molecule has 43 heavy (non-hydrogen) atoms. The largest absolute Gasteiger partial charge is 0.311 e. The Morgan fingerprint density at radius 3 is 1.42 bits per heavy atom. The predicted molar refractivity (Wildman–Crippen MR) is 186 cm³/mol. The summed E-state index contributed by atoms with van der Waals surface area (Å²) in [6, 6.07) is 41.0. The zero-order valence-electron chi connectivity index (χ0n) is 27.3. The summed E-state index contributed by atoms with van der Waals surface area (Å²) < 4.78 is 0. The first-order chi connectivity index (χ1) is 20.2. The Labute approximate surface area is 259 Å². The van der Waals surface area contributed by atoms with Crippen LogP contribution in [-0.4, -0.2) is 0 Å².